The molecule has 3 N–H and O–H groups in total. The summed E-state index contributed by atoms with van der Waals surface area (Å²) in [6, 6.07) is 8.26. The first-order chi connectivity index (χ1) is 9.94. The minimum atomic E-state index is -0.395. The number of aromatic nitrogens is 2. The molecule has 1 aromatic carbocycles. The van der Waals surface area contributed by atoms with Crippen LogP contribution in [0.25, 0.3) is 0 Å². The van der Waals surface area contributed by atoms with Crippen molar-refractivity contribution in [3.8, 4) is 0 Å². The summed E-state index contributed by atoms with van der Waals surface area (Å²) in [5.41, 5.74) is 2.14. The van der Waals surface area contributed by atoms with Gasteiger partial charge in [0.05, 0.1) is 0 Å². The summed E-state index contributed by atoms with van der Waals surface area (Å²) in [4.78, 5) is 22.9. The highest BCUT2D eigenvalue weighted by Crippen LogP contribution is 2.15. The van der Waals surface area contributed by atoms with Gasteiger partial charge in [0.25, 0.3) is 0 Å². The molecule has 7 heteroatoms. The molecule has 0 fully saturated rings. The van der Waals surface area contributed by atoms with Crippen LogP contribution < -0.4 is 16.0 Å². The Labute approximate surface area is 122 Å². The molecule has 3 amide bonds. The van der Waals surface area contributed by atoms with Crippen molar-refractivity contribution in [2.45, 2.75) is 13.8 Å². The van der Waals surface area contributed by atoms with Gasteiger partial charge in [-0.2, -0.15) is 5.10 Å². The van der Waals surface area contributed by atoms with Gasteiger partial charge in [0.15, 0.2) is 5.82 Å². The highest BCUT2D eigenvalue weighted by molar-refractivity contribution is 5.99. The molecule has 0 radical (unpaired) electrons. The third-order valence-corrected chi connectivity index (χ3v) is 2.80. The molecule has 0 saturated heterocycles. The maximum atomic E-state index is 11.9. The van der Waals surface area contributed by atoms with Crippen molar-refractivity contribution in [2.24, 2.45) is 7.05 Å². The topological polar surface area (TPSA) is 88.0 Å². The van der Waals surface area contributed by atoms with Crippen LogP contribution in [0.4, 0.5) is 22.0 Å². The molecule has 1 aromatic heterocycles. The fourth-order valence-electron chi connectivity index (χ4n) is 1.78. The first-order valence-electron chi connectivity index (χ1n) is 6.40. The molecule has 0 atom stereocenters. The van der Waals surface area contributed by atoms with Crippen LogP contribution >= 0.6 is 0 Å². The second-order valence-corrected chi connectivity index (χ2v) is 4.64. The van der Waals surface area contributed by atoms with Crippen molar-refractivity contribution in [1.29, 1.82) is 0 Å². The summed E-state index contributed by atoms with van der Waals surface area (Å²) in [6.45, 7) is 3.32. The number of benzene rings is 1. The average molecular weight is 287 g/mol. The van der Waals surface area contributed by atoms with E-state index in [2.05, 4.69) is 21.0 Å². The highest BCUT2D eigenvalue weighted by atomic mass is 16.2. The van der Waals surface area contributed by atoms with Crippen molar-refractivity contribution in [1.82, 2.24) is 9.78 Å². The van der Waals surface area contributed by atoms with Gasteiger partial charge in [-0.25, -0.2) is 4.79 Å². The molecule has 0 unspecified atom stereocenters. The molecule has 0 aliphatic heterocycles. The van der Waals surface area contributed by atoms with Gasteiger partial charge >= 0.3 is 6.03 Å². The molecule has 0 aliphatic rings. The normalized spacial score (nSPS) is 10.0. The molecule has 2 rings (SSSR count). The van der Waals surface area contributed by atoms with Crippen LogP contribution in [0.1, 0.15) is 12.6 Å². The Hall–Kier alpha value is -2.83. The number of carbonyl (C=O) groups excluding carboxylic acids is 2. The lowest BCUT2D eigenvalue weighted by Gasteiger charge is -2.08. The van der Waals surface area contributed by atoms with Gasteiger partial charge in [-0.3, -0.25) is 14.8 Å². The summed E-state index contributed by atoms with van der Waals surface area (Å²) < 4.78 is 1.67. The van der Waals surface area contributed by atoms with Crippen LogP contribution in [0.3, 0.4) is 0 Å². The van der Waals surface area contributed by atoms with Crippen LogP contribution in [-0.2, 0) is 11.8 Å². The Morgan fingerprint density at radius 1 is 1.10 bits per heavy atom. The van der Waals surface area contributed by atoms with E-state index in [9.17, 15) is 9.59 Å². The first kappa shape index (κ1) is 14.6. The summed E-state index contributed by atoms with van der Waals surface area (Å²) in [7, 11) is 1.80. The lowest BCUT2D eigenvalue weighted by atomic mass is 10.3. The van der Waals surface area contributed by atoms with Gasteiger partial charge < -0.3 is 10.6 Å². The van der Waals surface area contributed by atoms with Gasteiger partial charge in [-0.15, -0.1) is 0 Å². The fourth-order valence-corrected chi connectivity index (χ4v) is 1.78. The maximum Gasteiger partial charge on any atom is 0.324 e. The standard InChI is InChI=1S/C14H17N5O2/c1-9-7-13(18-19(9)3)17-14(21)16-12-6-4-5-11(8-12)15-10(2)20/h4-8H,1-3H3,(H,15,20)(H2,16,17,18,21). The van der Waals surface area contributed by atoms with Crippen molar-refractivity contribution in [3.63, 3.8) is 0 Å². The van der Waals surface area contributed by atoms with Crippen molar-refractivity contribution >= 4 is 29.1 Å². The number of amides is 3. The van der Waals surface area contributed by atoms with Crippen molar-refractivity contribution in [3.05, 3.63) is 36.0 Å². The molecule has 0 saturated carbocycles. The molecule has 2 aromatic rings. The van der Waals surface area contributed by atoms with Gasteiger partial charge in [0.1, 0.15) is 0 Å². The Balaban J connectivity index is 2.00. The van der Waals surface area contributed by atoms with E-state index in [1.54, 1.807) is 42.1 Å². The van der Waals surface area contributed by atoms with E-state index in [0.717, 1.165) is 5.69 Å². The number of carbonyl (C=O) groups is 2. The van der Waals surface area contributed by atoms with Crippen LogP contribution in [0.5, 0.6) is 0 Å². The monoisotopic (exact) mass is 287 g/mol. The molecule has 0 spiro atoms. The van der Waals surface area contributed by atoms with E-state index >= 15 is 0 Å². The third-order valence-electron chi connectivity index (χ3n) is 2.80. The fraction of sp³-hybridized carbons (Fsp3) is 0.214. The second kappa shape index (κ2) is 6.08. The Kier molecular flexibility index (Phi) is 4.22. The zero-order valence-electron chi connectivity index (χ0n) is 12.1. The molecule has 1 heterocycles. The van der Waals surface area contributed by atoms with E-state index in [4.69, 9.17) is 0 Å². The van der Waals surface area contributed by atoms with E-state index in [0.29, 0.717) is 17.2 Å². The van der Waals surface area contributed by atoms with Gasteiger partial charge in [-0.1, -0.05) is 6.07 Å². The van der Waals surface area contributed by atoms with Crippen molar-refractivity contribution < 1.29 is 9.59 Å². The number of rotatable bonds is 3. The van der Waals surface area contributed by atoms with E-state index in [-0.39, 0.29) is 5.91 Å². The van der Waals surface area contributed by atoms with E-state index < -0.39 is 6.03 Å². The largest absolute Gasteiger partial charge is 0.326 e. The zero-order valence-corrected chi connectivity index (χ0v) is 12.1. The molecule has 0 aliphatic carbocycles. The minimum Gasteiger partial charge on any atom is -0.326 e. The van der Waals surface area contributed by atoms with Crippen LogP contribution in [0, 0.1) is 6.92 Å². The van der Waals surface area contributed by atoms with E-state index in [1.165, 1.54) is 6.92 Å². The lowest BCUT2D eigenvalue weighted by molar-refractivity contribution is -0.114. The number of aryl methyl sites for hydroxylation is 2. The molecular weight excluding hydrogens is 270 g/mol. The van der Waals surface area contributed by atoms with Gasteiger partial charge in [-0.05, 0) is 25.1 Å². The van der Waals surface area contributed by atoms with Gasteiger partial charge in [0.2, 0.25) is 5.91 Å². The molecule has 7 nitrogen and oxygen atoms in total. The SMILES string of the molecule is CC(=O)Nc1cccc(NC(=O)Nc2cc(C)n(C)n2)c1. The van der Waals surface area contributed by atoms with Crippen LogP contribution in [0.15, 0.2) is 30.3 Å². The Morgan fingerprint density at radius 3 is 2.33 bits per heavy atom. The van der Waals surface area contributed by atoms with Crippen LogP contribution in [-0.4, -0.2) is 21.7 Å². The molecule has 0 bridgehead atoms. The van der Waals surface area contributed by atoms with Crippen molar-refractivity contribution in [2.75, 3.05) is 16.0 Å². The zero-order chi connectivity index (χ0) is 15.4. The number of hydrogen-bond acceptors (Lipinski definition) is 3. The quantitative estimate of drug-likeness (QED) is 0.809. The summed E-state index contributed by atoms with van der Waals surface area (Å²) in [6.07, 6.45) is 0. The average Bonchev–Trinajstić information content (AvgIpc) is 2.67. The Bertz CT molecular complexity index is 658. The molecule has 21 heavy (non-hydrogen) atoms. The first-order valence-corrected chi connectivity index (χ1v) is 6.40. The summed E-state index contributed by atoms with van der Waals surface area (Å²) in [5.74, 6) is 0.311. The summed E-state index contributed by atoms with van der Waals surface area (Å²) >= 11 is 0. The predicted molar refractivity (Wildman–Crippen MR) is 81.3 cm³/mol. The smallest absolute Gasteiger partial charge is 0.324 e. The molecule has 110 valence electrons. The maximum absolute atomic E-state index is 11.9. The highest BCUT2D eigenvalue weighted by Gasteiger charge is 2.07. The van der Waals surface area contributed by atoms with Crippen LogP contribution in [0.2, 0.25) is 0 Å². The third kappa shape index (κ3) is 4.07. The summed E-state index contributed by atoms with van der Waals surface area (Å²) in [5, 5.41) is 12.1. The predicted octanol–water partition coefficient (Wildman–Crippen LogP) is 2.33. The number of nitrogens with one attached hydrogen (secondary N) is 3. The lowest BCUT2D eigenvalue weighted by Crippen LogP contribution is -2.20. The second-order valence-electron chi connectivity index (χ2n) is 4.64. The minimum absolute atomic E-state index is 0.166. The number of hydrogen-bond donors (Lipinski definition) is 3. The van der Waals surface area contributed by atoms with Gasteiger partial charge in [0, 0.05) is 37.1 Å². The Morgan fingerprint density at radius 2 is 1.76 bits per heavy atom. The van der Waals surface area contributed by atoms with E-state index in [1.807, 2.05) is 6.92 Å². The molecular formula is C14H17N5O2. The number of urea groups is 1. The number of anilines is 3. The number of nitrogens with zero attached hydrogens (tertiary/aromatic N) is 2.